The van der Waals surface area contributed by atoms with Crippen LogP contribution in [0.25, 0.3) is 0 Å². The quantitative estimate of drug-likeness (QED) is 0.909. The third-order valence-corrected chi connectivity index (χ3v) is 3.69. The lowest BCUT2D eigenvalue weighted by molar-refractivity contribution is -0.0269. The number of ether oxygens (including phenoxy) is 1. The summed E-state index contributed by atoms with van der Waals surface area (Å²) in [6.07, 6.45) is 2.41. The van der Waals surface area contributed by atoms with Crippen LogP contribution in [0.3, 0.4) is 0 Å². The van der Waals surface area contributed by atoms with Crippen molar-refractivity contribution >= 4 is 5.91 Å². The van der Waals surface area contributed by atoms with E-state index in [2.05, 4.69) is 20.2 Å². The molecule has 8 heteroatoms. The zero-order valence-electron chi connectivity index (χ0n) is 12.7. The number of oxazole rings is 1. The Morgan fingerprint density at radius 3 is 3.05 bits per heavy atom. The zero-order valence-corrected chi connectivity index (χ0v) is 12.7. The second-order valence-corrected chi connectivity index (χ2v) is 5.08. The standard InChI is InChI=1S/C14H19N5O3/c1-3-9-12(15-8-22-9)14(20)19-5-6-21-10(7-19)13-16-11(4-2)17-18-13/h8,10H,3-7H2,1-2H3,(H,16,17,18)/t10-/m1/s1. The molecule has 1 aliphatic rings. The van der Waals surface area contributed by atoms with Gasteiger partial charge in [0.2, 0.25) is 0 Å². The summed E-state index contributed by atoms with van der Waals surface area (Å²) < 4.78 is 10.9. The van der Waals surface area contributed by atoms with Gasteiger partial charge in [0.15, 0.2) is 17.9 Å². The van der Waals surface area contributed by atoms with Gasteiger partial charge < -0.3 is 14.1 Å². The van der Waals surface area contributed by atoms with Crippen molar-refractivity contribution in [3.8, 4) is 0 Å². The number of hydrogen-bond acceptors (Lipinski definition) is 6. The Kier molecular flexibility index (Phi) is 4.19. The van der Waals surface area contributed by atoms with Crippen molar-refractivity contribution in [2.45, 2.75) is 32.8 Å². The first-order valence-electron chi connectivity index (χ1n) is 7.47. The van der Waals surface area contributed by atoms with E-state index in [4.69, 9.17) is 9.15 Å². The van der Waals surface area contributed by atoms with E-state index in [9.17, 15) is 4.79 Å². The highest BCUT2D eigenvalue weighted by molar-refractivity contribution is 5.93. The molecule has 0 bridgehead atoms. The van der Waals surface area contributed by atoms with Gasteiger partial charge in [0.1, 0.15) is 17.7 Å². The summed E-state index contributed by atoms with van der Waals surface area (Å²) in [5.74, 6) is 1.88. The molecule has 22 heavy (non-hydrogen) atoms. The number of amides is 1. The van der Waals surface area contributed by atoms with Crippen LogP contribution >= 0.6 is 0 Å². The minimum Gasteiger partial charge on any atom is -0.448 e. The van der Waals surface area contributed by atoms with Crippen LogP contribution in [0.15, 0.2) is 10.8 Å². The molecule has 2 aromatic rings. The molecule has 0 radical (unpaired) electrons. The Morgan fingerprint density at radius 1 is 1.45 bits per heavy atom. The van der Waals surface area contributed by atoms with Crippen molar-refractivity contribution < 1.29 is 13.9 Å². The first kappa shape index (κ1) is 14.7. The van der Waals surface area contributed by atoms with Gasteiger partial charge in [-0.05, 0) is 0 Å². The molecule has 1 amide bonds. The van der Waals surface area contributed by atoms with Crippen molar-refractivity contribution in [1.82, 2.24) is 25.1 Å². The zero-order chi connectivity index (χ0) is 15.5. The van der Waals surface area contributed by atoms with Gasteiger partial charge in [-0.1, -0.05) is 13.8 Å². The lowest BCUT2D eigenvalue weighted by Gasteiger charge is -2.31. The predicted octanol–water partition coefficient (Wildman–Crippen LogP) is 1.13. The molecule has 3 rings (SSSR count). The molecular weight excluding hydrogens is 286 g/mol. The molecule has 0 aromatic carbocycles. The monoisotopic (exact) mass is 305 g/mol. The molecule has 1 atom stereocenters. The summed E-state index contributed by atoms with van der Waals surface area (Å²) in [5.41, 5.74) is 0.382. The fourth-order valence-electron chi connectivity index (χ4n) is 2.45. The van der Waals surface area contributed by atoms with Crippen LogP contribution in [-0.4, -0.2) is 50.7 Å². The molecule has 1 saturated heterocycles. The SMILES string of the molecule is CCc1nc([C@H]2CN(C(=O)c3ncoc3CC)CCO2)n[nH]1. The van der Waals surface area contributed by atoms with E-state index < -0.39 is 0 Å². The predicted molar refractivity (Wildman–Crippen MR) is 76.2 cm³/mol. The summed E-state index contributed by atoms with van der Waals surface area (Å²) in [4.78, 5) is 22.7. The maximum absolute atomic E-state index is 12.6. The van der Waals surface area contributed by atoms with E-state index in [0.29, 0.717) is 43.4 Å². The van der Waals surface area contributed by atoms with Crippen LogP contribution in [0.2, 0.25) is 0 Å². The van der Waals surface area contributed by atoms with E-state index in [1.165, 1.54) is 6.39 Å². The Hall–Kier alpha value is -2.22. The van der Waals surface area contributed by atoms with Crippen molar-refractivity contribution in [1.29, 1.82) is 0 Å². The topological polar surface area (TPSA) is 97.1 Å². The van der Waals surface area contributed by atoms with Gasteiger partial charge in [-0.15, -0.1) is 0 Å². The number of hydrogen-bond donors (Lipinski definition) is 1. The number of aryl methyl sites for hydroxylation is 2. The number of carbonyl (C=O) groups is 1. The summed E-state index contributed by atoms with van der Waals surface area (Å²) >= 11 is 0. The minimum atomic E-state index is -0.314. The Labute approximate surface area is 127 Å². The van der Waals surface area contributed by atoms with Crippen LogP contribution in [0.1, 0.15) is 47.8 Å². The highest BCUT2D eigenvalue weighted by Crippen LogP contribution is 2.21. The van der Waals surface area contributed by atoms with E-state index >= 15 is 0 Å². The largest absolute Gasteiger partial charge is 0.448 e. The van der Waals surface area contributed by atoms with Gasteiger partial charge in [0.05, 0.1) is 13.2 Å². The molecule has 0 saturated carbocycles. The molecule has 3 heterocycles. The highest BCUT2D eigenvalue weighted by atomic mass is 16.5. The number of carbonyl (C=O) groups excluding carboxylic acids is 1. The lowest BCUT2D eigenvalue weighted by Crippen LogP contribution is -2.43. The van der Waals surface area contributed by atoms with Crippen molar-refractivity contribution in [3.63, 3.8) is 0 Å². The van der Waals surface area contributed by atoms with Crippen LogP contribution in [0.4, 0.5) is 0 Å². The van der Waals surface area contributed by atoms with Crippen molar-refractivity contribution in [3.05, 3.63) is 29.5 Å². The van der Waals surface area contributed by atoms with E-state index in [-0.39, 0.29) is 12.0 Å². The third kappa shape index (κ3) is 2.74. The summed E-state index contributed by atoms with van der Waals surface area (Å²) in [6, 6.07) is 0. The molecule has 1 aliphatic heterocycles. The lowest BCUT2D eigenvalue weighted by atomic mass is 10.2. The van der Waals surface area contributed by atoms with E-state index in [1.807, 2.05) is 13.8 Å². The fourth-order valence-corrected chi connectivity index (χ4v) is 2.45. The summed E-state index contributed by atoms with van der Waals surface area (Å²) in [5, 5.41) is 7.04. The highest BCUT2D eigenvalue weighted by Gasteiger charge is 2.30. The van der Waals surface area contributed by atoms with Crippen LogP contribution in [0, 0.1) is 0 Å². The summed E-state index contributed by atoms with van der Waals surface area (Å²) in [6.45, 7) is 5.32. The number of nitrogens with one attached hydrogen (secondary N) is 1. The third-order valence-electron chi connectivity index (χ3n) is 3.69. The van der Waals surface area contributed by atoms with Gasteiger partial charge in [-0.3, -0.25) is 9.89 Å². The Morgan fingerprint density at radius 2 is 2.32 bits per heavy atom. The van der Waals surface area contributed by atoms with Crippen molar-refractivity contribution in [2.24, 2.45) is 0 Å². The van der Waals surface area contributed by atoms with Gasteiger partial charge in [-0.2, -0.15) is 5.10 Å². The average molecular weight is 305 g/mol. The molecular formula is C14H19N5O3. The van der Waals surface area contributed by atoms with Gasteiger partial charge in [0.25, 0.3) is 5.91 Å². The summed E-state index contributed by atoms with van der Waals surface area (Å²) in [7, 11) is 0. The number of rotatable bonds is 4. The normalized spacial score (nSPS) is 18.6. The van der Waals surface area contributed by atoms with Crippen LogP contribution < -0.4 is 0 Å². The molecule has 1 N–H and O–H groups in total. The fraction of sp³-hybridized carbons (Fsp3) is 0.571. The molecule has 0 aliphatic carbocycles. The number of aromatic amines is 1. The Bertz CT molecular complexity index is 650. The number of morpholine rings is 1. The molecule has 1 fully saturated rings. The Balaban J connectivity index is 1.74. The second kappa shape index (κ2) is 6.27. The van der Waals surface area contributed by atoms with Crippen LogP contribution in [0.5, 0.6) is 0 Å². The molecule has 8 nitrogen and oxygen atoms in total. The van der Waals surface area contributed by atoms with Gasteiger partial charge in [-0.25, -0.2) is 9.97 Å². The van der Waals surface area contributed by atoms with E-state index in [0.717, 1.165) is 12.2 Å². The maximum Gasteiger partial charge on any atom is 0.276 e. The molecule has 2 aromatic heterocycles. The van der Waals surface area contributed by atoms with Crippen molar-refractivity contribution in [2.75, 3.05) is 19.7 Å². The van der Waals surface area contributed by atoms with Gasteiger partial charge in [0, 0.05) is 19.4 Å². The first-order chi connectivity index (χ1) is 10.7. The molecule has 118 valence electrons. The maximum atomic E-state index is 12.6. The second-order valence-electron chi connectivity index (χ2n) is 5.08. The van der Waals surface area contributed by atoms with Crippen LogP contribution in [-0.2, 0) is 17.6 Å². The smallest absolute Gasteiger partial charge is 0.276 e. The first-order valence-corrected chi connectivity index (χ1v) is 7.47. The minimum absolute atomic E-state index is 0.134. The number of aromatic nitrogens is 4. The molecule has 0 unspecified atom stereocenters. The van der Waals surface area contributed by atoms with Gasteiger partial charge >= 0.3 is 0 Å². The molecule has 0 spiro atoms. The average Bonchev–Trinajstić information content (AvgIpc) is 3.23. The van der Waals surface area contributed by atoms with E-state index in [1.54, 1.807) is 4.90 Å². The number of H-pyrrole nitrogens is 1. The number of nitrogens with zero attached hydrogens (tertiary/aromatic N) is 4.